The van der Waals surface area contributed by atoms with E-state index in [0.717, 1.165) is 36.1 Å². The van der Waals surface area contributed by atoms with Gasteiger partial charge in [0.05, 0.1) is 17.1 Å². The molecule has 3 aromatic rings. The monoisotopic (exact) mass is 589 g/mol. The number of nitrogens with one attached hydrogen (secondary N) is 1. The van der Waals surface area contributed by atoms with Gasteiger partial charge in [-0.15, -0.1) is 0 Å². The van der Waals surface area contributed by atoms with Gasteiger partial charge in [-0.2, -0.15) is 4.98 Å². The van der Waals surface area contributed by atoms with Crippen LogP contribution in [0.25, 0.3) is 11.3 Å². The van der Waals surface area contributed by atoms with Crippen LogP contribution in [0.2, 0.25) is 0 Å². The summed E-state index contributed by atoms with van der Waals surface area (Å²) < 4.78 is 36.0. The minimum absolute atomic E-state index is 0.0195. The van der Waals surface area contributed by atoms with Gasteiger partial charge in [0.15, 0.2) is 0 Å². The Kier molecular flexibility index (Phi) is 7.47. The van der Waals surface area contributed by atoms with E-state index in [1.807, 2.05) is 32.0 Å². The number of hydrogen-bond donors (Lipinski definition) is 1. The number of sulfonamides is 1. The van der Waals surface area contributed by atoms with Crippen LogP contribution >= 0.6 is 0 Å². The Bertz CT molecular complexity index is 1590. The second-order valence-corrected chi connectivity index (χ2v) is 14.4. The second kappa shape index (κ2) is 11.0. The highest BCUT2D eigenvalue weighted by atomic mass is 32.2. The Morgan fingerprint density at radius 1 is 0.952 bits per heavy atom. The topological polar surface area (TPSA) is 105 Å². The van der Waals surface area contributed by atoms with Gasteiger partial charge in [-0.05, 0) is 74.3 Å². The van der Waals surface area contributed by atoms with Gasteiger partial charge in [-0.1, -0.05) is 38.1 Å². The third-order valence-corrected chi connectivity index (χ3v) is 10.3. The van der Waals surface area contributed by atoms with E-state index in [4.69, 9.17) is 4.74 Å². The lowest BCUT2D eigenvalue weighted by atomic mass is 9.75. The van der Waals surface area contributed by atoms with Crippen LogP contribution in [0, 0.1) is 19.3 Å². The first-order valence-corrected chi connectivity index (χ1v) is 16.2. The van der Waals surface area contributed by atoms with Crippen LogP contribution < -0.4 is 9.46 Å². The minimum Gasteiger partial charge on any atom is -0.471 e. The molecule has 3 aliphatic rings. The number of rotatable bonds is 2. The van der Waals surface area contributed by atoms with Gasteiger partial charge in [0.2, 0.25) is 11.8 Å². The standard InChI is InChI=1S/C32H39N5O4S/c1-21-7-5-8-22(2)29(21)27-18-28-34-31(33-27)35-42(39,40)26-10-6-9-23(17-26)30(38)37-16-15-36(19-25(20-37)41-28)24-11-13-32(3,4)14-12-24/h5-10,17-18,24-25H,11-16,19-20H2,1-4H3,(H,33,34,35)/t25-/m1/s1. The first-order valence-electron chi connectivity index (χ1n) is 14.8. The van der Waals surface area contributed by atoms with E-state index in [1.165, 1.54) is 25.0 Å². The van der Waals surface area contributed by atoms with Crippen LogP contribution in [0.5, 0.6) is 5.88 Å². The lowest BCUT2D eigenvalue weighted by Gasteiger charge is -2.40. The molecule has 1 N–H and O–H groups in total. The van der Waals surface area contributed by atoms with Gasteiger partial charge in [0.25, 0.3) is 15.9 Å². The Morgan fingerprint density at radius 2 is 1.67 bits per heavy atom. The summed E-state index contributed by atoms with van der Waals surface area (Å²) >= 11 is 0. The molecule has 1 atom stereocenters. The molecule has 2 aromatic carbocycles. The first kappa shape index (κ1) is 28.6. The number of fused-ring (bicyclic) bond motifs is 6. The number of carbonyl (C=O) groups is 1. The Hall–Kier alpha value is -3.50. The number of benzene rings is 2. The van der Waals surface area contributed by atoms with Gasteiger partial charge >= 0.3 is 0 Å². The summed E-state index contributed by atoms with van der Waals surface area (Å²) in [5.41, 5.74) is 4.18. The van der Waals surface area contributed by atoms with Crippen LogP contribution in [0.1, 0.15) is 61.0 Å². The van der Waals surface area contributed by atoms with Crippen molar-refractivity contribution in [3.8, 4) is 17.1 Å². The van der Waals surface area contributed by atoms with Crippen LogP contribution in [0.4, 0.5) is 5.95 Å². The highest BCUT2D eigenvalue weighted by Crippen LogP contribution is 2.37. The molecule has 2 fully saturated rings. The fraction of sp³-hybridized carbons (Fsp3) is 0.469. The smallest absolute Gasteiger partial charge is 0.264 e. The predicted molar refractivity (Wildman–Crippen MR) is 162 cm³/mol. The van der Waals surface area contributed by atoms with Crippen molar-refractivity contribution in [2.75, 3.05) is 30.9 Å². The number of carbonyl (C=O) groups excluding carboxylic acids is 1. The molecule has 42 heavy (non-hydrogen) atoms. The van der Waals surface area contributed by atoms with Crippen molar-refractivity contribution in [3.05, 3.63) is 65.2 Å². The van der Waals surface area contributed by atoms with E-state index in [2.05, 4.69) is 33.4 Å². The van der Waals surface area contributed by atoms with Gasteiger partial charge in [-0.25, -0.2) is 18.1 Å². The highest BCUT2D eigenvalue weighted by Gasteiger charge is 2.35. The average molecular weight is 590 g/mol. The molecule has 2 aliphatic heterocycles. The molecular formula is C32H39N5O4S. The minimum atomic E-state index is -4.07. The van der Waals surface area contributed by atoms with Crippen molar-refractivity contribution in [1.29, 1.82) is 0 Å². The van der Waals surface area contributed by atoms with Crippen molar-refractivity contribution in [3.63, 3.8) is 0 Å². The Balaban J connectivity index is 1.44. The molecule has 3 heterocycles. The summed E-state index contributed by atoms with van der Waals surface area (Å²) in [5.74, 6) is -0.00569. The summed E-state index contributed by atoms with van der Waals surface area (Å²) in [6.07, 6.45) is 4.21. The van der Waals surface area contributed by atoms with E-state index < -0.39 is 10.0 Å². The Morgan fingerprint density at radius 3 is 2.40 bits per heavy atom. The first-order chi connectivity index (χ1) is 20.0. The average Bonchev–Trinajstić information content (AvgIpc) is 3.14. The molecule has 1 aliphatic carbocycles. The van der Waals surface area contributed by atoms with E-state index in [1.54, 1.807) is 23.1 Å². The molecule has 0 spiro atoms. The van der Waals surface area contributed by atoms with Crippen LogP contribution in [-0.4, -0.2) is 72.4 Å². The fourth-order valence-electron chi connectivity index (χ4n) is 6.54. The molecule has 9 nitrogen and oxygen atoms in total. The third-order valence-electron chi connectivity index (χ3n) is 8.98. The molecular weight excluding hydrogens is 550 g/mol. The van der Waals surface area contributed by atoms with E-state index >= 15 is 0 Å². The van der Waals surface area contributed by atoms with E-state index in [-0.39, 0.29) is 28.7 Å². The summed E-state index contributed by atoms with van der Waals surface area (Å²) in [4.78, 5) is 27.2. The largest absolute Gasteiger partial charge is 0.471 e. The van der Waals surface area contributed by atoms with Crippen LogP contribution in [0.3, 0.4) is 0 Å². The number of hydrogen-bond acceptors (Lipinski definition) is 7. The summed E-state index contributed by atoms with van der Waals surface area (Å²) in [6.45, 7) is 11.0. The van der Waals surface area contributed by atoms with Crippen molar-refractivity contribution in [2.24, 2.45) is 5.41 Å². The van der Waals surface area contributed by atoms with Gasteiger partial charge < -0.3 is 9.64 Å². The maximum atomic E-state index is 13.8. The zero-order chi connectivity index (χ0) is 29.6. The maximum Gasteiger partial charge on any atom is 0.264 e. The molecule has 222 valence electrons. The Labute approximate surface area is 248 Å². The van der Waals surface area contributed by atoms with E-state index in [0.29, 0.717) is 42.3 Å². The molecule has 0 radical (unpaired) electrons. The normalized spacial score (nSPS) is 22.5. The molecule has 1 saturated carbocycles. The van der Waals surface area contributed by atoms with Crippen LogP contribution in [-0.2, 0) is 10.0 Å². The number of aromatic nitrogens is 2. The zero-order valence-corrected chi connectivity index (χ0v) is 25.6. The van der Waals surface area contributed by atoms with E-state index in [9.17, 15) is 13.2 Å². The number of aryl methyl sites for hydroxylation is 2. The summed E-state index contributed by atoms with van der Waals surface area (Å²) in [6, 6.07) is 14.4. The molecule has 1 saturated heterocycles. The van der Waals surface area contributed by atoms with Crippen molar-refractivity contribution in [2.45, 2.75) is 70.4 Å². The molecule has 10 heteroatoms. The predicted octanol–water partition coefficient (Wildman–Crippen LogP) is 5.05. The fourth-order valence-corrected chi connectivity index (χ4v) is 7.53. The number of anilines is 1. The molecule has 6 bridgehead atoms. The lowest BCUT2D eigenvalue weighted by molar-refractivity contribution is 0.0666. The van der Waals surface area contributed by atoms with Crippen molar-refractivity contribution in [1.82, 2.24) is 19.8 Å². The molecule has 0 unspecified atom stereocenters. The lowest BCUT2D eigenvalue weighted by Crippen LogP contribution is -2.45. The van der Waals surface area contributed by atoms with Crippen LogP contribution in [0.15, 0.2) is 53.4 Å². The SMILES string of the molecule is Cc1cccc(C)c1-c1cc2nc(n1)NS(=O)(=O)c1cccc(c1)C(=O)N1CCN(C3CCC(C)(C)CC3)C[C@H](C1)O2. The highest BCUT2D eigenvalue weighted by molar-refractivity contribution is 7.92. The number of nitrogens with zero attached hydrogens (tertiary/aromatic N) is 4. The maximum absolute atomic E-state index is 13.8. The third kappa shape index (κ3) is 5.87. The van der Waals surface area contributed by atoms with Gasteiger partial charge in [0.1, 0.15) is 6.10 Å². The number of amides is 1. The summed E-state index contributed by atoms with van der Waals surface area (Å²) in [5, 5.41) is 0. The van der Waals surface area contributed by atoms with Crippen molar-refractivity contribution >= 4 is 21.9 Å². The zero-order valence-electron chi connectivity index (χ0n) is 24.8. The second-order valence-electron chi connectivity index (χ2n) is 12.7. The number of ether oxygens (including phenoxy) is 1. The summed E-state index contributed by atoms with van der Waals surface area (Å²) in [7, 11) is -4.07. The van der Waals surface area contributed by atoms with Gasteiger partial charge in [-0.3, -0.25) is 9.69 Å². The van der Waals surface area contributed by atoms with Crippen molar-refractivity contribution < 1.29 is 17.9 Å². The molecule has 6 rings (SSSR count). The van der Waals surface area contributed by atoms with Gasteiger partial charge in [0, 0.05) is 42.9 Å². The quantitative estimate of drug-likeness (QED) is 0.446. The molecule has 1 aromatic heterocycles. The molecule has 1 amide bonds.